The van der Waals surface area contributed by atoms with Crippen LogP contribution < -0.4 is 5.32 Å². The van der Waals surface area contributed by atoms with E-state index in [0.717, 1.165) is 44.8 Å². The summed E-state index contributed by atoms with van der Waals surface area (Å²) in [5.41, 5.74) is 1.62. The van der Waals surface area contributed by atoms with Crippen molar-refractivity contribution < 1.29 is 9.53 Å². The van der Waals surface area contributed by atoms with Crippen LogP contribution in [0.4, 0.5) is 0 Å². The van der Waals surface area contributed by atoms with Crippen LogP contribution >= 0.6 is 0 Å². The maximum atomic E-state index is 12.7. The second-order valence-corrected chi connectivity index (χ2v) is 7.00. The standard InChI is InChI=1S/C21H30N4O2/c1-3-17(4-2)20(24-12-14-27-15-13-24)16-22-21(26)18-6-8-19(9-7-18)25-11-5-10-23-25/h5-11,17,20H,3-4,12-16H2,1-2H3,(H,22,26). The molecule has 1 fully saturated rings. The van der Waals surface area contributed by atoms with Crippen LogP contribution in [-0.4, -0.2) is 59.5 Å². The summed E-state index contributed by atoms with van der Waals surface area (Å²) >= 11 is 0. The lowest BCUT2D eigenvalue weighted by Crippen LogP contribution is -2.52. The summed E-state index contributed by atoms with van der Waals surface area (Å²) in [6.45, 7) is 8.57. The maximum Gasteiger partial charge on any atom is 0.251 e. The highest BCUT2D eigenvalue weighted by Crippen LogP contribution is 2.20. The molecule has 0 saturated carbocycles. The molecule has 0 spiro atoms. The van der Waals surface area contributed by atoms with Crippen molar-refractivity contribution in [3.63, 3.8) is 0 Å². The number of benzene rings is 1. The summed E-state index contributed by atoms with van der Waals surface area (Å²) in [7, 11) is 0. The molecule has 2 heterocycles. The average molecular weight is 370 g/mol. The number of nitrogens with zero attached hydrogens (tertiary/aromatic N) is 3. The van der Waals surface area contributed by atoms with Gasteiger partial charge in [-0.2, -0.15) is 5.10 Å². The Hall–Kier alpha value is -2.18. The van der Waals surface area contributed by atoms with Gasteiger partial charge in [-0.05, 0) is 36.2 Å². The van der Waals surface area contributed by atoms with Gasteiger partial charge in [0.05, 0.1) is 18.9 Å². The van der Waals surface area contributed by atoms with Crippen molar-refractivity contribution in [2.75, 3.05) is 32.8 Å². The molecule has 1 aliphatic rings. The van der Waals surface area contributed by atoms with E-state index in [1.165, 1.54) is 0 Å². The van der Waals surface area contributed by atoms with E-state index in [9.17, 15) is 4.79 Å². The van der Waals surface area contributed by atoms with Gasteiger partial charge in [-0.1, -0.05) is 26.7 Å². The summed E-state index contributed by atoms with van der Waals surface area (Å²) in [6, 6.07) is 9.78. The van der Waals surface area contributed by atoms with Crippen LogP contribution in [0.15, 0.2) is 42.7 Å². The van der Waals surface area contributed by atoms with E-state index in [1.807, 2.05) is 36.5 Å². The normalized spacial score (nSPS) is 16.4. The number of hydrogen-bond acceptors (Lipinski definition) is 4. The Labute approximate surface area is 161 Å². The minimum atomic E-state index is -0.0220. The van der Waals surface area contributed by atoms with Crippen LogP contribution in [0.2, 0.25) is 0 Å². The van der Waals surface area contributed by atoms with E-state index in [0.29, 0.717) is 24.1 Å². The monoisotopic (exact) mass is 370 g/mol. The van der Waals surface area contributed by atoms with Gasteiger partial charge >= 0.3 is 0 Å². The lowest BCUT2D eigenvalue weighted by molar-refractivity contribution is 0.00191. The predicted molar refractivity (Wildman–Crippen MR) is 106 cm³/mol. The number of nitrogens with one attached hydrogen (secondary N) is 1. The molecule has 6 heteroatoms. The van der Waals surface area contributed by atoms with Crippen LogP contribution in [0, 0.1) is 5.92 Å². The van der Waals surface area contributed by atoms with Gasteiger partial charge in [0, 0.05) is 43.6 Å². The molecule has 2 aromatic rings. The third kappa shape index (κ3) is 4.96. The number of rotatable bonds is 8. The molecule has 27 heavy (non-hydrogen) atoms. The zero-order valence-electron chi connectivity index (χ0n) is 16.3. The highest BCUT2D eigenvalue weighted by molar-refractivity contribution is 5.94. The largest absolute Gasteiger partial charge is 0.379 e. The number of morpholine rings is 1. The minimum absolute atomic E-state index is 0.0220. The molecular formula is C21H30N4O2. The fraction of sp³-hybridized carbons (Fsp3) is 0.524. The number of amides is 1. The summed E-state index contributed by atoms with van der Waals surface area (Å²) in [6.07, 6.45) is 5.86. The highest BCUT2D eigenvalue weighted by Gasteiger charge is 2.27. The molecule has 1 N–H and O–H groups in total. The number of hydrogen-bond donors (Lipinski definition) is 1. The first kappa shape index (κ1) is 19.6. The van der Waals surface area contributed by atoms with Crippen molar-refractivity contribution in [1.82, 2.24) is 20.0 Å². The summed E-state index contributed by atoms with van der Waals surface area (Å²) < 4.78 is 7.28. The zero-order valence-corrected chi connectivity index (χ0v) is 16.3. The molecule has 1 aliphatic heterocycles. The van der Waals surface area contributed by atoms with Gasteiger partial charge in [-0.3, -0.25) is 9.69 Å². The van der Waals surface area contributed by atoms with Crippen molar-refractivity contribution in [3.8, 4) is 5.69 Å². The molecule has 3 rings (SSSR count). The first-order valence-corrected chi connectivity index (χ1v) is 9.93. The molecule has 146 valence electrons. The molecule has 1 amide bonds. The van der Waals surface area contributed by atoms with Crippen molar-refractivity contribution in [2.24, 2.45) is 5.92 Å². The van der Waals surface area contributed by atoms with E-state index < -0.39 is 0 Å². The molecule has 1 unspecified atom stereocenters. The van der Waals surface area contributed by atoms with Gasteiger partial charge in [-0.15, -0.1) is 0 Å². The fourth-order valence-electron chi connectivity index (χ4n) is 3.82. The van der Waals surface area contributed by atoms with E-state index in [4.69, 9.17) is 4.74 Å². The maximum absolute atomic E-state index is 12.7. The average Bonchev–Trinajstić information content (AvgIpc) is 3.26. The fourth-order valence-corrected chi connectivity index (χ4v) is 3.82. The topological polar surface area (TPSA) is 59.4 Å². The highest BCUT2D eigenvalue weighted by atomic mass is 16.5. The minimum Gasteiger partial charge on any atom is -0.379 e. The van der Waals surface area contributed by atoms with E-state index >= 15 is 0 Å². The third-order valence-corrected chi connectivity index (χ3v) is 5.48. The lowest BCUT2D eigenvalue weighted by Gasteiger charge is -2.38. The number of carbonyl (C=O) groups is 1. The second-order valence-electron chi connectivity index (χ2n) is 7.00. The number of carbonyl (C=O) groups excluding carboxylic acids is 1. The van der Waals surface area contributed by atoms with Gasteiger partial charge in [0.15, 0.2) is 0 Å². The Morgan fingerprint density at radius 2 is 1.89 bits per heavy atom. The van der Waals surface area contributed by atoms with Crippen LogP contribution in [0.25, 0.3) is 5.69 Å². The SMILES string of the molecule is CCC(CC)C(CNC(=O)c1ccc(-n2cccn2)cc1)N1CCOCC1. The van der Waals surface area contributed by atoms with Gasteiger partial charge in [0.25, 0.3) is 5.91 Å². The summed E-state index contributed by atoms with van der Waals surface area (Å²) in [5.74, 6) is 0.553. The van der Waals surface area contributed by atoms with Crippen LogP contribution in [-0.2, 0) is 4.74 Å². The molecule has 0 bridgehead atoms. The Morgan fingerprint density at radius 3 is 2.48 bits per heavy atom. The molecule has 0 radical (unpaired) electrons. The Bertz CT molecular complexity index is 689. The summed E-state index contributed by atoms with van der Waals surface area (Å²) in [4.78, 5) is 15.1. The quantitative estimate of drug-likeness (QED) is 0.776. The first-order valence-electron chi connectivity index (χ1n) is 9.93. The molecule has 6 nitrogen and oxygen atoms in total. The van der Waals surface area contributed by atoms with Crippen molar-refractivity contribution >= 4 is 5.91 Å². The zero-order chi connectivity index (χ0) is 19.1. The van der Waals surface area contributed by atoms with Crippen LogP contribution in [0.1, 0.15) is 37.0 Å². The van der Waals surface area contributed by atoms with Gasteiger partial charge < -0.3 is 10.1 Å². The molecule has 1 aromatic carbocycles. The van der Waals surface area contributed by atoms with Crippen molar-refractivity contribution in [1.29, 1.82) is 0 Å². The second kappa shape index (κ2) is 9.67. The van der Waals surface area contributed by atoms with Crippen molar-refractivity contribution in [2.45, 2.75) is 32.7 Å². The van der Waals surface area contributed by atoms with E-state index in [1.54, 1.807) is 10.9 Å². The van der Waals surface area contributed by atoms with Crippen LogP contribution in [0.5, 0.6) is 0 Å². The van der Waals surface area contributed by atoms with Gasteiger partial charge in [0.1, 0.15) is 0 Å². The lowest BCUT2D eigenvalue weighted by atomic mass is 9.92. The number of ether oxygens (including phenoxy) is 1. The molecular weight excluding hydrogens is 340 g/mol. The smallest absolute Gasteiger partial charge is 0.251 e. The van der Waals surface area contributed by atoms with Crippen molar-refractivity contribution in [3.05, 3.63) is 48.3 Å². The van der Waals surface area contributed by atoms with E-state index in [2.05, 4.69) is 29.2 Å². The Kier molecular flexibility index (Phi) is 7.01. The number of aromatic nitrogens is 2. The molecule has 1 saturated heterocycles. The van der Waals surface area contributed by atoms with Gasteiger partial charge in [-0.25, -0.2) is 4.68 Å². The molecule has 1 aromatic heterocycles. The summed E-state index contributed by atoms with van der Waals surface area (Å²) in [5, 5.41) is 7.37. The van der Waals surface area contributed by atoms with Crippen LogP contribution in [0.3, 0.4) is 0 Å². The third-order valence-electron chi connectivity index (χ3n) is 5.48. The van der Waals surface area contributed by atoms with E-state index in [-0.39, 0.29) is 5.91 Å². The Morgan fingerprint density at radius 1 is 1.19 bits per heavy atom. The molecule has 0 aliphatic carbocycles. The first-order chi connectivity index (χ1) is 13.2. The predicted octanol–water partition coefficient (Wildman–Crippen LogP) is 2.74. The molecule has 1 atom stereocenters. The van der Waals surface area contributed by atoms with Gasteiger partial charge in [0.2, 0.25) is 0 Å². The Balaban J connectivity index is 1.62.